The molecule has 1 amide bonds. The molecule has 0 aliphatic rings. The van der Waals surface area contributed by atoms with E-state index in [1.165, 1.54) is 18.2 Å². The fourth-order valence-electron chi connectivity index (χ4n) is 1.52. The second-order valence-corrected chi connectivity index (χ2v) is 4.07. The minimum Gasteiger partial charge on any atom is -0.465 e. The molecule has 4 N–H and O–H groups in total. The molecule has 0 aliphatic heterocycles. The summed E-state index contributed by atoms with van der Waals surface area (Å²) in [6.07, 6.45) is -6.99. The third-order valence-electron chi connectivity index (χ3n) is 2.42. The molecule has 1 unspecified atom stereocenters. The highest BCUT2D eigenvalue weighted by Crippen LogP contribution is 2.26. The average molecular weight is 308 g/mol. The van der Waals surface area contributed by atoms with Gasteiger partial charge in [0.2, 0.25) is 0 Å². The van der Waals surface area contributed by atoms with Crippen LogP contribution in [0.2, 0.25) is 0 Å². The summed E-state index contributed by atoms with van der Waals surface area (Å²) in [6, 6.07) is 5.54. The molecule has 0 radical (unpaired) electrons. The first kappa shape index (κ1) is 17.1. The van der Waals surface area contributed by atoms with E-state index in [9.17, 15) is 23.1 Å². The summed E-state index contributed by atoms with van der Waals surface area (Å²) in [7, 11) is 0. The Morgan fingerprint density at radius 3 is 2.62 bits per heavy atom. The number of nitrogens with one attached hydrogen (secondary N) is 2. The molecule has 118 valence electrons. The van der Waals surface area contributed by atoms with Gasteiger partial charge in [-0.15, -0.1) is 13.2 Å². The summed E-state index contributed by atoms with van der Waals surface area (Å²) in [5.74, 6) is -0.353. The van der Waals surface area contributed by atoms with E-state index in [1.807, 2.05) is 0 Å². The highest BCUT2D eigenvalue weighted by Gasteiger charge is 2.31. The maximum absolute atomic E-state index is 12.2. The Kier molecular flexibility index (Phi) is 6.25. The number of hydrogen-bond donors (Lipinski definition) is 4. The van der Waals surface area contributed by atoms with Crippen LogP contribution >= 0.6 is 0 Å². The van der Waals surface area contributed by atoms with Crippen LogP contribution in [0.5, 0.6) is 5.75 Å². The van der Waals surface area contributed by atoms with Crippen LogP contribution in [0.15, 0.2) is 24.3 Å². The fraction of sp³-hybridized carbons (Fsp3) is 0.417. The zero-order chi connectivity index (χ0) is 15.9. The molecule has 1 aromatic rings. The number of carboxylic acid groups (broad SMARTS) is 1. The number of halogens is 3. The van der Waals surface area contributed by atoms with Gasteiger partial charge in [-0.3, -0.25) is 5.32 Å². The molecule has 21 heavy (non-hydrogen) atoms. The van der Waals surface area contributed by atoms with Crippen molar-refractivity contribution in [3.05, 3.63) is 29.8 Å². The summed E-state index contributed by atoms with van der Waals surface area (Å²) in [4.78, 5) is 10.2. The minimum atomic E-state index is -4.79. The van der Waals surface area contributed by atoms with Gasteiger partial charge in [-0.05, 0) is 6.07 Å². The number of carbonyl (C=O) groups is 1. The highest BCUT2D eigenvalue weighted by molar-refractivity contribution is 5.64. The quantitative estimate of drug-likeness (QED) is 0.575. The molecular weight excluding hydrogens is 293 g/mol. The minimum absolute atomic E-state index is 0.0181. The van der Waals surface area contributed by atoms with Crippen molar-refractivity contribution < 1.29 is 32.9 Å². The molecule has 0 fully saturated rings. The molecular formula is C12H15F3N2O4. The number of ether oxygens (including phenoxy) is 1. The van der Waals surface area contributed by atoms with Gasteiger partial charge < -0.3 is 20.3 Å². The Morgan fingerprint density at radius 2 is 2.00 bits per heavy atom. The second kappa shape index (κ2) is 7.70. The van der Waals surface area contributed by atoms with Gasteiger partial charge in [0.1, 0.15) is 12.0 Å². The Morgan fingerprint density at radius 1 is 1.33 bits per heavy atom. The van der Waals surface area contributed by atoms with Gasteiger partial charge in [0.25, 0.3) is 0 Å². The van der Waals surface area contributed by atoms with Crippen LogP contribution < -0.4 is 15.4 Å². The van der Waals surface area contributed by atoms with Crippen molar-refractivity contribution in [3.63, 3.8) is 0 Å². The van der Waals surface area contributed by atoms with Crippen LogP contribution in [0.1, 0.15) is 12.0 Å². The predicted molar refractivity (Wildman–Crippen MR) is 66.6 cm³/mol. The van der Waals surface area contributed by atoms with Crippen LogP contribution in [0.25, 0.3) is 0 Å². The molecule has 0 bridgehead atoms. The molecule has 0 heterocycles. The monoisotopic (exact) mass is 308 g/mol. The first-order chi connectivity index (χ1) is 9.78. The molecule has 0 aromatic heterocycles. The number of rotatable bonds is 7. The Hall–Kier alpha value is -2.00. The highest BCUT2D eigenvalue weighted by atomic mass is 19.4. The molecule has 6 nitrogen and oxygen atoms in total. The molecule has 1 aromatic carbocycles. The summed E-state index contributed by atoms with van der Waals surface area (Å²) in [6.45, 7) is -0.0370. The van der Waals surface area contributed by atoms with E-state index in [1.54, 1.807) is 6.07 Å². The molecule has 0 saturated carbocycles. The average Bonchev–Trinajstić information content (AvgIpc) is 2.35. The van der Waals surface area contributed by atoms with E-state index in [4.69, 9.17) is 5.11 Å². The van der Waals surface area contributed by atoms with Crippen molar-refractivity contribution in [3.8, 4) is 5.75 Å². The third-order valence-corrected chi connectivity index (χ3v) is 2.42. The summed E-state index contributed by atoms with van der Waals surface area (Å²) in [5, 5.41) is 22.5. The van der Waals surface area contributed by atoms with Gasteiger partial charge in [-0.1, -0.05) is 18.2 Å². The maximum atomic E-state index is 12.2. The van der Waals surface area contributed by atoms with Gasteiger partial charge in [0.05, 0.1) is 0 Å². The first-order valence-corrected chi connectivity index (χ1v) is 6.00. The topological polar surface area (TPSA) is 90.8 Å². The van der Waals surface area contributed by atoms with Crippen molar-refractivity contribution in [2.24, 2.45) is 0 Å². The molecule has 0 saturated heterocycles. The van der Waals surface area contributed by atoms with E-state index in [2.05, 4.69) is 15.4 Å². The first-order valence-electron chi connectivity index (χ1n) is 6.00. The van der Waals surface area contributed by atoms with E-state index >= 15 is 0 Å². The van der Waals surface area contributed by atoms with Gasteiger partial charge in [-0.2, -0.15) is 0 Å². The smallest absolute Gasteiger partial charge is 0.465 e. The Balaban J connectivity index is 2.49. The van der Waals surface area contributed by atoms with Crippen LogP contribution in [0.3, 0.4) is 0 Å². The van der Waals surface area contributed by atoms with Crippen molar-refractivity contribution in [2.75, 3.05) is 6.54 Å². The maximum Gasteiger partial charge on any atom is 0.573 e. The van der Waals surface area contributed by atoms with Crippen LogP contribution in [-0.2, 0) is 6.54 Å². The van der Waals surface area contributed by atoms with Gasteiger partial charge in [0.15, 0.2) is 0 Å². The normalized spacial score (nSPS) is 12.8. The number of benzene rings is 1. The Bertz CT molecular complexity index is 468. The lowest BCUT2D eigenvalue weighted by Gasteiger charge is -2.16. The second-order valence-electron chi connectivity index (χ2n) is 4.07. The summed E-state index contributed by atoms with van der Waals surface area (Å²) < 4.78 is 40.5. The number of amides is 1. The standard InChI is InChI=1S/C12H15F3N2O4/c13-12(14,15)21-9-4-2-1-3-8(9)7-17-10(18)5-6-16-11(19)20/h1-4,10,16-18H,5-7H2,(H,19,20). The van der Waals surface area contributed by atoms with E-state index in [-0.39, 0.29) is 30.8 Å². The van der Waals surface area contributed by atoms with Crippen LogP contribution in [-0.4, -0.2) is 35.4 Å². The van der Waals surface area contributed by atoms with Crippen molar-refractivity contribution in [2.45, 2.75) is 25.6 Å². The van der Waals surface area contributed by atoms with Gasteiger partial charge >= 0.3 is 12.5 Å². The van der Waals surface area contributed by atoms with Crippen LogP contribution in [0.4, 0.5) is 18.0 Å². The number of para-hydroxylation sites is 1. The lowest BCUT2D eigenvalue weighted by molar-refractivity contribution is -0.274. The van der Waals surface area contributed by atoms with Gasteiger partial charge in [0, 0.05) is 25.1 Å². The summed E-state index contributed by atoms with van der Waals surface area (Å²) >= 11 is 0. The van der Waals surface area contributed by atoms with Gasteiger partial charge in [-0.25, -0.2) is 4.79 Å². The van der Waals surface area contributed by atoms with Crippen molar-refractivity contribution in [1.29, 1.82) is 0 Å². The predicted octanol–water partition coefficient (Wildman–Crippen LogP) is 1.65. The van der Waals surface area contributed by atoms with Crippen molar-refractivity contribution >= 4 is 6.09 Å². The molecule has 9 heteroatoms. The zero-order valence-corrected chi connectivity index (χ0v) is 10.9. The largest absolute Gasteiger partial charge is 0.573 e. The Labute approximate surface area is 118 Å². The number of hydrogen-bond acceptors (Lipinski definition) is 4. The molecule has 1 atom stereocenters. The molecule has 0 aliphatic carbocycles. The number of aliphatic hydroxyl groups excluding tert-OH is 1. The lowest BCUT2D eigenvalue weighted by atomic mass is 10.2. The molecule has 0 spiro atoms. The van der Waals surface area contributed by atoms with E-state index < -0.39 is 18.7 Å². The zero-order valence-electron chi connectivity index (χ0n) is 10.9. The lowest BCUT2D eigenvalue weighted by Crippen LogP contribution is -2.33. The SMILES string of the molecule is O=C(O)NCCC(O)NCc1ccccc1OC(F)(F)F. The number of aliphatic hydroxyl groups is 1. The van der Waals surface area contributed by atoms with E-state index in [0.29, 0.717) is 0 Å². The van der Waals surface area contributed by atoms with Crippen molar-refractivity contribution in [1.82, 2.24) is 10.6 Å². The van der Waals surface area contributed by atoms with Crippen LogP contribution in [0, 0.1) is 0 Å². The molecule has 1 rings (SSSR count). The van der Waals surface area contributed by atoms with E-state index in [0.717, 1.165) is 0 Å². The fourth-order valence-corrected chi connectivity index (χ4v) is 1.52. The third kappa shape index (κ3) is 7.37. The number of alkyl halides is 3. The summed E-state index contributed by atoms with van der Waals surface area (Å²) in [5.41, 5.74) is 0.222.